The van der Waals surface area contributed by atoms with Gasteiger partial charge in [-0.25, -0.2) is 4.79 Å². The summed E-state index contributed by atoms with van der Waals surface area (Å²) in [6.07, 6.45) is 0.752. The highest BCUT2D eigenvalue weighted by molar-refractivity contribution is 6.37. The molecule has 0 saturated heterocycles. The van der Waals surface area contributed by atoms with Crippen LogP contribution >= 0.6 is 23.2 Å². The van der Waals surface area contributed by atoms with Crippen molar-refractivity contribution in [2.75, 3.05) is 19.0 Å². The second kappa shape index (κ2) is 7.33. The van der Waals surface area contributed by atoms with Gasteiger partial charge in [0.1, 0.15) is 0 Å². The number of amides is 1. The molecule has 0 fully saturated rings. The Kier molecular flexibility index (Phi) is 6.08. The van der Waals surface area contributed by atoms with Crippen LogP contribution in [0.3, 0.4) is 0 Å². The van der Waals surface area contributed by atoms with E-state index in [0.717, 1.165) is 0 Å². The molecule has 104 valence electrons. The number of carboxylic acids is 1. The van der Waals surface area contributed by atoms with Gasteiger partial charge in [0, 0.05) is 25.2 Å². The number of nitrogens with one attached hydrogen (secondary N) is 1. The smallest absolute Gasteiger partial charge is 0.337 e. The number of ether oxygens (including phenoxy) is 1. The van der Waals surface area contributed by atoms with Gasteiger partial charge in [-0.2, -0.15) is 0 Å². The van der Waals surface area contributed by atoms with E-state index in [1.807, 2.05) is 0 Å². The van der Waals surface area contributed by atoms with E-state index >= 15 is 0 Å². The molecule has 0 aliphatic heterocycles. The van der Waals surface area contributed by atoms with Gasteiger partial charge < -0.3 is 15.2 Å². The van der Waals surface area contributed by atoms with Crippen molar-refractivity contribution in [3.63, 3.8) is 0 Å². The van der Waals surface area contributed by atoms with Gasteiger partial charge in [-0.15, -0.1) is 0 Å². The number of hydrogen-bond donors (Lipinski definition) is 2. The molecule has 1 rings (SSSR count). The molecule has 0 aromatic heterocycles. The largest absolute Gasteiger partial charge is 0.478 e. The van der Waals surface area contributed by atoms with Gasteiger partial charge >= 0.3 is 5.97 Å². The summed E-state index contributed by atoms with van der Waals surface area (Å²) in [5.74, 6) is -1.54. The van der Waals surface area contributed by atoms with Crippen LogP contribution in [0.2, 0.25) is 10.0 Å². The molecule has 1 aromatic rings. The quantitative estimate of drug-likeness (QED) is 0.792. The van der Waals surface area contributed by atoms with Gasteiger partial charge in [-0.1, -0.05) is 23.2 Å². The molecule has 0 aliphatic rings. The first-order valence-electron chi connectivity index (χ1n) is 5.46. The molecule has 0 radical (unpaired) electrons. The third-order valence-electron chi connectivity index (χ3n) is 2.30. The summed E-state index contributed by atoms with van der Waals surface area (Å²) in [5.41, 5.74) is -0.0847. The Morgan fingerprint density at radius 3 is 2.63 bits per heavy atom. The number of benzene rings is 1. The van der Waals surface area contributed by atoms with Crippen LogP contribution in [-0.4, -0.2) is 30.7 Å². The number of aromatic carboxylic acids is 1. The van der Waals surface area contributed by atoms with Crippen molar-refractivity contribution in [2.45, 2.75) is 12.8 Å². The van der Waals surface area contributed by atoms with Crippen LogP contribution in [0, 0.1) is 0 Å². The molecule has 1 aromatic carbocycles. The van der Waals surface area contributed by atoms with Crippen LogP contribution < -0.4 is 5.32 Å². The lowest BCUT2D eigenvalue weighted by atomic mass is 10.1. The highest BCUT2D eigenvalue weighted by Gasteiger charge is 2.17. The van der Waals surface area contributed by atoms with E-state index in [1.165, 1.54) is 19.2 Å². The molecule has 7 heteroatoms. The first kappa shape index (κ1) is 15.8. The Labute approximate surface area is 120 Å². The van der Waals surface area contributed by atoms with Crippen LogP contribution in [-0.2, 0) is 9.53 Å². The molecule has 5 nitrogen and oxygen atoms in total. The molecule has 2 N–H and O–H groups in total. The summed E-state index contributed by atoms with van der Waals surface area (Å²) < 4.78 is 4.83. The molecular weight excluding hydrogens is 293 g/mol. The normalized spacial score (nSPS) is 10.3. The van der Waals surface area contributed by atoms with E-state index in [4.69, 9.17) is 33.0 Å². The van der Waals surface area contributed by atoms with Crippen molar-refractivity contribution in [3.8, 4) is 0 Å². The summed E-state index contributed by atoms with van der Waals surface area (Å²) in [5, 5.41) is 11.8. The molecule has 0 atom stereocenters. The van der Waals surface area contributed by atoms with E-state index in [9.17, 15) is 9.59 Å². The summed E-state index contributed by atoms with van der Waals surface area (Å²) >= 11 is 11.6. The summed E-state index contributed by atoms with van der Waals surface area (Å²) in [6, 6.07) is 2.61. The van der Waals surface area contributed by atoms with Gasteiger partial charge in [0.25, 0.3) is 0 Å². The topological polar surface area (TPSA) is 75.6 Å². The molecule has 0 saturated carbocycles. The Hall–Kier alpha value is -1.30. The third-order valence-corrected chi connectivity index (χ3v) is 2.82. The Balaban J connectivity index is 2.88. The lowest BCUT2D eigenvalue weighted by Crippen LogP contribution is -2.15. The number of anilines is 1. The average molecular weight is 306 g/mol. The van der Waals surface area contributed by atoms with Crippen molar-refractivity contribution in [2.24, 2.45) is 0 Å². The van der Waals surface area contributed by atoms with Crippen molar-refractivity contribution in [3.05, 3.63) is 27.7 Å². The van der Waals surface area contributed by atoms with E-state index in [2.05, 4.69) is 5.32 Å². The van der Waals surface area contributed by atoms with E-state index in [0.29, 0.717) is 13.0 Å². The molecule has 19 heavy (non-hydrogen) atoms. The van der Waals surface area contributed by atoms with Crippen molar-refractivity contribution in [1.82, 2.24) is 0 Å². The number of methoxy groups -OCH3 is 1. The highest BCUT2D eigenvalue weighted by Crippen LogP contribution is 2.30. The monoisotopic (exact) mass is 305 g/mol. The molecular formula is C12H13Cl2NO4. The Morgan fingerprint density at radius 2 is 2.05 bits per heavy atom. The lowest BCUT2D eigenvalue weighted by Gasteiger charge is -2.11. The zero-order chi connectivity index (χ0) is 14.4. The fraction of sp³-hybridized carbons (Fsp3) is 0.333. The maximum Gasteiger partial charge on any atom is 0.337 e. The van der Waals surface area contributed by atoms with E-state index < -0.39 is 5.97 Å². The van der Waals surface area contributed by atoms with E-state index in [-0.39, 0.29) is 33.6 Å². The molecule has 0 aliphatic carbocycles. The molecule has 0 spiro atoms. The number of carboxylic acid groups (broad SMARTS) is 1. The fourth-order valence-corrected chi connectivity index (χ4v) is 1.99. The van der Waals surface area contributed by atoms with Crippen molar-refractivity contribution < 1.29 is 19.4 Å². The first-order chi connectivity index (χ1) is 8.95. The minimum absolute atomic E-state index is 0.0565. The first-order valence-corrected chi connectivity index (χ1v) is 6.22. The summed E-state index contributed by atoms with van der Waals surface area (Å²) in [4.78, 5) is 22.7. The van der Waals surface area contributed by atoms with Crippen molar-refractivity contribution in [1.29, 1.82) is 0 Å². The van der Waals surface area contributed by atoms with Gasteiger partial charge in [0.2, 0.25) is 5.91 Å². The fourth-order valence-electron chi connectivity index (χ4n) is 1.45. The minimum atomic E-state index is -1.21. The Morgan fingerprint density at radius 1 is 1.37 bits per heavy atom. The van der Waals surface area contributed by atoms with Crippen LogP contribution in [0.4, 0.5) is 5.69 Å². The Bertz CT molecular complexity index is 491. The standard InChI is InChI=1S/C12H13Cl2NO4/c1-19-4-2-3-10(16)15-11-8(12(17)18)5-7(13)6-9(11)14/h5-6H,2-4H2,1H3,(H,15,16)(H,17,18). The predicted octanol–water partition coefficient (Wildman–Crippen LogP) is 3.06. The number of halogens is 2. The maximum atomic E-state index is 11.6. The minimum Gasteiger partial charge on any atom is -0.478 e. The maximum absolute atomic E-state index is 11.6. The molecule has 0 heterocycles. The zero-order valence-corrected chi connectivity index (χ0v) is 11.7. The lowest BCUT2D eigenvalue weighted by molar-refractivity contribution is -0.116. The SMILES string of the molecule is COCCCC(=O)Nc1c(Cl)cc(Cl)cc1C(=O)O. The molecule has 0 unspecified atom stereocenters. The second-order valence-corrected chi connectivity index (χ2v) is 4.60. The second-order valence-electron chi connectivity index (χ2n) is 3.76. The average Bonchev–Trinajstić information content (AvgIpc) is 2.32. The van der Waals surface area contributed by atoms with Crippen LogP contribution in [0.25, 0.3) is 0 Å². The number of hydrogen-bond acceptors (Lipinski definition) is 3. The van der Waals surface area contributed by atoms with Crippen LogP contribution in [0.15, 0.2) is 12.1 Å². The zero-order valence-electron chi connectivity index (χ0n) is 10.2. The van der Waals surface area contributed by atoms with Gasteiger partial charge in [0.05, 0.1) is 16.3 Å². The van der Waals surface area contributed by atoms with Gasteiger partial charge in [-0.3, -0.25) is 4.79 Å². The summed E-state index contributed by atoms with van der Waals surface area (Å²) in [6.45, 7) is 0.452. The highest BCUT2D eigenvalue weighted by atomic mass is 35.5. The van der Waals surface area contributed by atoms with Gasteiger partial charge in [-0.05, 0) is 18.6 Å². The number of rotatable bonds is 6. The van der Waals surface area contributed by atoms with E-state index in [1.54, 1.807) is 0 Å². The number of carbonyl (C=O) groups is 2. The third kappa shape index (κ3) is 4.70. The van der Waals surface area contributed by atoms with Crippen molar-refractivity contribution >= 4 is 40.8 Å². The van der Waals surface area contributed by atoms with Crippen LogP contribution in [0.5, 0.6) is 0 Å². The van der Waals surface area contributed by atoms with Gasteiger partial charge in [0.15, 0.2) is 0 Å². The number of carbonyl (C=O) groups excluding carboxylic acids is 1. The molecule has 0 bridgehead atoms. The predicted molar refractivity (Wildman–Crippen MR) is 73.2 cm³/mol. The van der Waals surface area contributed by atoms with Crippen LogP contribution in [0.1, 0.15) is 23.2 Å². The molecule has 1 amide bonds. The summed E-state index contributed by atoms with van der Waals surface area (Å²) in [7, 11) is 1.54.